The summed E-state index contributed by atoms with van der Waals surface area (Å²) in [5.41, 5.74) is 0.939. The standard InChI is InChI=1S/C15H25FN2/c1-11(2)6-5-7-15(18-12(3)4)14-9-8-13(16)10-17-14/h8-12,15,18H,5-7H2,1-4H3. The Kier molecular flexibility index (Phi) is 6.27. The quantitative estimate of drug-likeness (QED) is 0.790. The molecule has 102 valence electrons. The molecule has 0 aliphatic rings. The van der Waals surface area contributed by atoms with Gasteiger partial charge in [-0.25, -0.2) is 4.39 Å². The molecule has 1 rings (SSSR count). The van der Waals surface area contributed by atoms with Crippen LogP contribution in [0.1, 0.15) is 58.7 Å². The van der Waals surface area contributed by atoms with Crippen LogP contribution < -0.4 is 5.32 Å². The molecule has 1 atom stereocenters. The molecule has 1 unspecified atom stereocenters. The SMILES string of the molecule is CC(C)CCCC(NC(C)C)c1ccc(F)cn1. The second kappa shape index (κ2) is 7.47. The molecule has 2 nitrogen and oxygen atoms in total. The number of aromatic nitrogens is 1. The second-order valence-electron chi connectivity index (χ2n) is 5.60. The zero-order valence-electron chi connectivity index (χ0n) is 11.9. The molecule has 1 aromatic heterocycles. The maximum Gasteiger partial charge on any atom is 0.141 e. The summed E-state index contributed by atoms with van der Waals surface area (Å²) in [6.45, 7) is 8.72. The van der Waals surface area contributed by atoms with Gasteiger partial charge in [0.05, 0.1) is 11.9 Å². The molecule has 0 aliphatic carbocycles. The monoisotopic (exact) mass is 252 g/mol. The smallest absolute Gasteiger partial charge is 0.141 e. The Hall–Kier alpha value is -0.960. The molecule has 3 heteroatoms. The third-order valence-electron chi connectivity index (χ3n) is 2.92. The van der Waals surface area contributed by atoms with Gasteiger partial charge in [0.25, 0.3) is 0 Å². The molecule has 0 radical (unpaired) electrons. The number of rotatable bonds is 7. The molecule has 1 aromatic rings. The van der Waals surface area contributed by atoms with Crippen LogP contribution in [-0.2, 0) is 0 Å². The number of halogens is 1. The highest BCUT2D eigenvalue weighted by Crippen LogP contribution is 2.20. The Balaban J connectivity index is 2.62. The highest BCUT2D eigenvalue weighted by atomic mass is 19.1. The van der Waals surface area contributed by atoms with Gasteiger partial charge in [-0.15, -0.1) is 0 Å². The maximum absolute atomic E-state index is 12.9. The van der Waals surface area contributed by atoms with Gasteiger partial charge in [-0.1, -0.05) is 40.5 Å². The molecule has 0 aliphatic heterocycles. The van der Waals surface area contributed by atoms with Crippen LogP contribution in [0.2, 0.25) is 0 Å². The number of pyridine rings is 1. The molecular weight excluding hydrogens is 227 g/mol. The van der Waals surface area contributed by atoms with Crippen LogP contribution in [0.25, 0.3) is 0 Å². The van der Waals surface area contributed by atoms with Crippen molar-refractivity contribution in [2.75, 3.05) is 0 Å². The lowest BCUT2D eigenvalue weighted by atomic mass is 10.0. The van der Waals surface area contributed by atoms with Gasteiger partial charge in [-0.3, -0.25) is 4.98 Å². The highest BCUT2D eigenvalue weighted by molar-refractivity contribution is 5.10. The van der Waals surface area contributed by atoms with Gasteiger partial charge < -0.3 is 5.32 Å². The molecular formula is C15H25FN2. The van der Waals surface area contributed by atoms with E-state index in [1.165, 1.54) is 25.1 Å². The second-order valence-corrected chi connectivity index (χ2v) is 5.60. The van der Waals surface area contributed by atoms with E-state index in [0.29, 0.717) is 6.04 Å². The molecule has 0 bridgehead atoms. The van der Waals surface area contributed by atoms with Crippen molar-refractivity contribution in [2.24, 2.45) is 5.92 Å². The van der Waals surface area contributed by atoms with Crippen LogP contribution in [0.5, 0.6) is 0 Å². The summed E-state index contributed by atoms with van der Waals surface area (Å²) in [5, 5.41) is 3.50. The Labute approximate surface area is 110 Å². The fraction of sp³-hybridized carbons (Fsp3) is 0.667. The number of hydrogen-bond donors (Lipinski definition) is 1. The summed E-state index contributed by atoms with van der Waals surface area (Å²) in [6, 6.07) is 3.90. The van der Waals surface area contributed by atoms with Gasteiger partial charge in [0.15, 0.2) is 0 Å². The summed E-state index contributed by atoms with van der Waals surface area (Å²) in [6.07, 6.45) is 4.74. The van der Waals surface area contributed by atoms with E-state index in [0.717, 1.165) is 18.0 Å². The normalized spacial score (nSPS) is 13.3. The van der Waals surface area contributed by atoms with E-state index in [4.69, 9.17) is 0 Å². The summed E-state index contributed by atoms with van der Waals surface area (Å²) in [4.78, 5) is 4.19. The number of nitrogens with one attached hydrogen (secondary N) is 1. The first kappa shape index (κ1) is 15.1. The van der Waals surface area contributed by atoms with Crippen molar-refractivity contribution in [1.29, 1.82) is 0 Å². The molecule has 0 fully saturated rings. The summed E-state index contributed by atoms with van der Waals surface area (Å²) < 4.78 is 12.9. The lowest BCUT2D eigenvalue weighted by molar-refractivity contribution is 0.412. The Morgan fingerprint density at radius 1 is 1.17 bits per heavy atom. The van der Waals surface area contributed by atoms with Crippen LogP contribution in [-0.4, -0.2) is 11.0 Å². The largest absolute Gasteiger partial charge is 0.306 e. The molecule has 1 heterocycles. The minimum atomic E-state index is -0.274. The van der Waals surface area contributed by atoms with Crippen LogP contribution >= 0.6 is 0 Å². The fourth-order valence-electron chi connectivity index (χ4n) is 2.04. The van der Waals surface area contributed by atoms with E-state index >= 15 is 0 Å². The van der Waals surface area contributed by atoms with Crippen molar-refractivity contribution in [1.82, 2.24) is 10.3 Å². The predicted octanol–water partition coefficient (Wildman–Crippen LogP) is 4.09. The lowest BCUT2D eigenvalue weighted by Crippen LogP contribution is -2.28. The fourth-order valence-corrected chi connectivity index (χ4v) is 2.04. The minimum absolute atomic E-state index is 0.226. The minimum Gasteiger partial charge on any atom is -0.306 e. The van der Waals surface area contributed by atoms with Gasteiger partial charge in [-0.05, 0) is 24.5 Å². The molecule has 0 spiro atoms. The van der Waals surface area contributed by atoms with Crippen molar-refractivity contribution in [3.8, 4) is 0 Å². The first-order valence-electron chi connectivity index (χ1n) is 6.86. The average Bonchev–Trinajstić information content (AvgIpc) is 2.28. The van der Waals surface area contributed by atoms with Crippen molar-refractivity contribution in [3.05, 3.63) is 29.8 Å². The van der Waals surface area contributed by atoms with Crippen molar-refractivity contribution < 1.29 is 4.39 Å². The first-order chi connectivity index (χ1) is 8.49. The maximum atomic E-state index is 12.9. The number of hydrogen-bond acceptors (Lipinski definition) is 2. The van der Waals surface area contributed by atoms with E-state index in [1.54, 1.807) is 6.07 Å². The van der Waals surface area contributed by atoms with Crippen molar-refractivity contribution in [2.45, 2.75) is 59.0 Å². The Morgan fingerprint density at radius 3 is 2.39 bits per heavy atom. The van der Waals surface area contributed by atoms with E-state index in [-0.39, 0.29) is 11.9 Å². The molecule has 0 saturated carbocycles. The van der Waals surface area contributed by atoms with E-state index in [1.807, 2.05) is 0 Å². The molecule has 18 heavy (non-hydrogen) atoms. The van der Waals surface area contributed by atoms with Gasteiger partial charge in [-0.2, -0.15) is 0 Å². The third kappa shape index (κ3) is 5.58. The molecule has 0 aromatic carbocycles. The lowest BCUT2D eigenvalue weighted by Gasteiger charge is -2.21. The zero-order valence-corrected chi connectivity index (χ0v) is 11.9. The highest BCUT2D eigenvalue weighted by Gasteiger charge is 2.14. The number of nitrogens with zero attached hydrogens (tertiary/aromatic N) is 1. The van der Waals surface area contributed by atoms with Crippen molar-refractivity contribution >= 4 is 0 Å². The zero-order chi connectivity index (χ0) is 13.5. The van der Waals surface area contributed by atoms with Crippen LogP contribution in [0.4, 0.5) is 4.39 Å². The Bertz CT molecular complexity index is 333. The summed E-state index contributed by atoms with van der Waals surface area (Å²) in [5.74, 6) is 0.454. The third-order valence-corrected chi connectivity index (χ3v) is 2.92. The van der Waals surface area contributed by atoms with Crippen LogP contribution in [0.15, 0.2) is 18.3 Å². The van der Waals surface area contributed by atoms with E-state index in [2.05, 4.69) is 38.0 Å². The first-order valence-corrected chi connectivity index (χ1v) is 6.86. The van der Waals surface area contributed by atoms with Crippen LogP contribution in [0.3, 0.4) is 0 Å². The van der Waals surface area contributed by atoms with Gasteiger partial charge in [0.1, 0.15) is 5.82 Å². The van der Waals surface area contributed by atoms with Gasteiger partial charge in [0, 0.05) is 12.1 Å². The molecule has 1 N–H and O–H groups in total. The van der Waals surface area contributed by atoms with Crippen LogP contribution in [0, 0.1) is 11.7 Å². The summed E-state index contributed by atoms with van der Waals surface area (Å²) >= 11 is 0. The van der Waals surface area contributed by atoms with Crippen molar-refractivity contribution in [3.63, 3.8) is 0 Å². The topological polar surface area (TPSA) is 24.9 Å². The predicted molar refractivity (Wildman–Crippen MR) is 73.9 cm³/mol. The molecule has 0 amide bonds. The van der Waals surface area contributed by atoms with Gasteiger partial charge in [0.2, 0.25) is 0 Å². The van der Waals surface area contributed by atoms with Gasteiger partial charge >= 0.3 is 0 Å². The van der Waals surface area contributed by atoms with E-state index < -0.39 is 0 Å². The molecule has 0 saturated heterocycles. The Morgan fingerprint density at radius 2 is 1.89 bits per heavy atom. The summed E-state index contributed by atoms with van der Waals surface area (Å²) in [7, 11) is 0. The average molecular weight is 252 g/mol. The van der Waals surface area contributed by atoms with E-state index in [9.17, 15) is 4.39 Å².